The van der Waals surface area contributed by atoms with Crippen LogP contribution in [0.15, 0.2) is 0 Å². The van der Waals surface area contributed by atoms with Crippen LogP contribution >= 0.6 is 0 Å². The van der Waals surface area contributed by atoms with Gasteiger partial charge in [-0.05, 0) is 13.8 Å². The third-order valence-corrected chi connectivity index (χ3v) is 1.91. The highest BCUT2D eigenvalue weighted by Gasteiger charge is 2.28. The van der Waals surface area contributed by atoms with Gasteiger partial charge in [0.1, 0.15) is 13.1 Å². The zero-order valence-electron chi connectivity index (χ0n) is 8.87. The molecule has 3 N–H and O–H groups in total. The monoisotopic (exact) mass is 213 g/mol. The Kier molecular flexibility index (Phi) is 3.09. The fourth-order valence-corrected chi connectivity index (χ4v) is 1.32. The molecule has 1 rings (SSSR count). The normalized spacial score (nSPS) is 17.7. The average Bonchev–Trinajstić information content (AvgIpc) is 1.98. The zero-order valence-corrected chi connectivity index (χ0v) is 8.87. The molecule has 0 unspecified atom stereocenters. The number of imide groups is 1. The molecule has 1 saturated heterocycles. The second-order valence-corrected chi connectivity index (χ2v) is 4.39. The fourth-order valence-electron chi connectivity index (χ4n) is 1.32. The van der Waals surface area contributed by atoms with Crippen molar-refractivity contribution in [1.29, 1.82) is 0 Å². The number of carbonyl (C=O) groups is 3. The van der Waals surface area contributed by atoms with Crippen LogP contribution in [0.4, 0.5) is 0 Å². The molecule has 0 saturated carbocycles. The molecule has 1 fully saturated rings. The molecule has 0 spiro atoms. The summed E-state index contributed by atoms with van der Waals surface area (Å²) in [6, 6.07) is 0. The van der Waals surface area contributed by atoms with E-state index >= 15 is 0 Å². The number of hydrogen-bond donors (Lipinski definition) is 2. The summed E-state index contributed by atoms with van der Waals surface area (Å²) in [6.07, 6.45) is 0.119. The molecule has 6 nitrogen and oxygen atoms in total. The number of piperazine rings is 1. The van der Waals surface area contributed by atoms with Crippen LogP contribution in [0, 0.1) is 0 Å². The molecule has 0 aliphatic carbocycles. The summed E-state index contributed by atoms with van der Waals surface area (Å²) < 4.78 is 0. The van der Waals surface area contributed by atoms with E-state index in [0.717, 1.165) is 0 Å². The molecule has 0 aromatic carbocycles. The summed E-state index contributed by atoms with van der Waals surface area (Å²) in [6.45, 7) is 3.30. The van der Waals surface area contributed by atoms with E-state index in [1.54, 1.807) is 13.8 Å². The Morgan fingerprint density at radius 2 is 1.87 bits per heavy atom. The topological polar surface area (TPSA) is 92.5 Å². The van der Waals surface area contributed by atoms with Gasteiger partial charge < -0.3 is 10.6 Å². The number of carbonyl (C=O) groups excluding carboxylic acids is 3. The van der Waals surface area contributed by atoms with Gasteiger partial charge in [-0.3, -0.25) is 19.7 Å². The molecule has 6 heteroatoms. The zero-order chi connectivity index (χ0) is 11.6. The highest BCUT2D eigenvalue weighted by molar-refractivity contribution is 6.02. The lowest BCUT2D eigenvalue weighted by Crippen LogP contribution is -2.54. The van der Waals surface area contributed by atoms with Crippen LogP contribution in [-0.4, -0.2) is 41.2 Å². The maximum atomic E-state index is 11.6. The molecule has 0 aromatic rings. The van der Waals surface area contributed by atoms with E-state index < -0.39 is 17.4 Å². The van der Waals surface area contributed by atoms with Crippen molar-refractivity contribution in [2.45, 2.75) is 25.8 Å². The van der Waals surface area contributed by atoms with Gasteiger partial charge in [-0.2, -0.15) is 0 Å². The Bertz CT molecular complexity index is 290. The summed E-state index contributed by atoms with van der Waals surface area (Å²) >= 11 is 0. The van der Waals surface area contributed by atoms with E-state index in [0.29, 0.717) is 0 Å². The minimum absolute atomic E-state index is 0.0688. The summed E-state index contributed by atoms with van der Waals surface area (Å²) in [5, 5.41) is 2.12. The second kappa shape index (κ2) is 3.98. The van der Waals surface area contributed by atoms with Crippen molar-refractivity contribution in [2.24, 2.45) is 5.73 Å². The van der Waals surface area contributed by atoms with E-state index in [2.05, 4.69) is 5.32 Å². The fraction of sp³-hybridized carbons (Fsp3) is 0.667. The quantitative estimate of drug-likeness (QED) is 0.552. The van der Waals surface area contributed by atoms with Crippen LogP contribution in [0.25, 0.3) is 0 Å². The number of nitrogens with one attached hydrogen (secondary N) is 1. The first kappa shape index (κ1) is 11.6. The van der Waals surface area contributed by atoms with Gasteiger partial charge in [-0.15, -0.1) is 0 Å². The Morgan fingerprint density at radius 3 is 2.27 bits per heavy atom. The highest BCUT2D eigenvalue weighted by Crippen LogP contribution is 2.08. The van der Waals surface area contributed by atoms with E-state index in [9.17, 15) is 14.4 Å². The van der Waals surface area contributed by atoms with Crippen LogP contribution in [0.2, 0.25) is 0 Å². The van der Waals surface area contributed by atoms with Crippen molar-refractivity contribution >= 4 is 17.7 Å². The van der Waals surface area contributed by atoms with Crippen LogP contribution in [0.5, 0.6) is 0 Å². The minimum Gasteiger partial charge on any atom is -0.325 e. The Hall–Kier alpha value is -1.43. The molecule has 15 heavy (non-hydrogen) atoms. The average molecular weight is 213 g/mol. The molecule has 1 heterocycles. The third kappa shape index (κ3) is 3.67. The van der Waals surface area contributed by atoms with Crippen molar-refractivity contribution in [3.05, 3.63) is 0 Å². The molecule has 0 atom stereocenters. The van der Waals surface area contributed by atoms with E-state index in [4.69, 9.17) is 5.73 Å². The van der Waals surface area contributed by atoms with Gasteiger partial charge in [0.2, 0.25) is 17.7 Å². The van der Waals surface area contributed by atoms with E-state index in [1.807, 2.05) is 0 Å². The lowest BCUT2D eigenvalue weighted by Gasteiger charge is -2.28. The SMILES string of the molecule is CC(C)(N)CC(=O)N1CC(=O)NC(=O)C1. The number of amides is 3. The van der Waals surface area contributed by atoms with Crippen molar-refractivity contribution in [1.82, 2.24) is 10.2 Å². The van der Waals surface area contributed by atoms with Crippen molar-refractivity contribution in [3.8, 4) is 0 Å². The molecule has 1 aliphatic rings. The molecule has 3 amide bonds. The minimum atomic E-state index is -0.631. The van der Waals surface area contributed by atoms with Crippen LogP contribution in [-0.2, 0) is 14.4 Å². The summed E-state index contributed by atoms with van der Waals surface area (Å²) in [5.74, 6) is -1.17. The summed E-state index contributed by atoms with van der Waals surface area (Å²) in [5.41, 5.74) is 5.05. The van der Waals surface area contributed by atoms with Gasteiger partial charge in [0.25, 0.3) is 0 Å². The van der Waals surface area contributed by atoms with E-state index in [-0.39, 0.29) is 25.4 Å². The third-order valence-electron chi connectivity index (χ3n) is 1.91. The number of nitrogens with two attached hydrogens (primary N) is 1. The van der Waals surface area contributed by atoms with Gasteiger partial charge in [-0.1, -0.05) is 0 Å². The van der Waals surface area contributed by atoms with Gasteiger partial charge >= 0.3 is 0 Å². The number of rotatable bonds is 2. The van der Waals surface area contributed by atoms with Crippen molar-refractivity contribution < 1.29 is 14.4 Å². The van der Waals surface area contributed by atoms with Gasteiger partial charge in [0.05, 0.1) is 0 Å². The van der Waals surface area contributed by atoms with Gasteiger partial charge in [0, 0.05) is 12.0 Å². The maximum absolute atomic E-state index is 11.6. The smallest absolute Gasteiger partial charge is 0.246 e. The Labute approximate surface area is 87.8 Å². The predicted octanol–water partition coefficient (Wildman–Crippen LogP) is -1.40. The molecule has 0 aromatic heterocycles. The molecule has 0 radical (unpaired) electrons. The second-order valence-electron chi connectivity index (χ2n) is 4.39. The first-order valence-electron chi connectivity index (χ1n) is 4.67. The Balaban J connectivity index is 2.60. The van der Waals surface area contributed by atoms with Crippen LogP contribution in [0.1, 0.15) is 20.3 Å². The predicted molar refractivity (Wildman–Crippen MR) is 52.6 cm³/mol. The molecule has 84 valence electrons. The lowest BCUT2D eigenvalue weighted by atomic mass is 10.0. The summed E-state index contributed by atoms with van der Waals surface area (Å²) in [7, 11) is 0. The first-order chi connectivity index (χ1) is 6.78. The first-order valence-corrected chi connectivity index (χ1v) is 4.67. The molecule has 1 aliphatic heterocycles. The highest BCUT2D eigenvalue weighted by atomic mass is 16.2. The number of hydrogen-bond acceptors (Lipinski definition) is 4. The summed E-state index contributed by atoms with van der Waals surface area (Å²) in [4.78, 5) is 34.8. The van der Waals surface area contributed by atoms with E-state index in [1.165, 1.54) is 4.90 Å². The maximum Gasteiger partial charge on any atom is 0.246 e. The molecule has 0 bridgehead atoms. The molecular formula is C9H15N3O3. The number of nitrogens with zero attached hydrogens (tertiary/aromatic N) is 1. The Morgan fingerprint density at radius 1 is 1.40 bits per heavy atom. The largest absolute Gasteiger partial charge is 0.325 e. The molecular weight excluding hydrogens is 198 g/mol. The van der Waals surface area contributed by atoms with Crippen molar-refractivity contribution in [3.63, 3.8) is 0 Å². The van der Waals surface area contributed by atoms with Gasteiger partial charge in [-0.25, -0.2) is 0 Å². The van der Waals surface area contributed by atoms with Crippen LogP contribution < -0.4 is 11.1 Å². The van der Waals surface area contributed by atoms with Crippen molar-refractivity contribution in [2.75, 3.05) is 13.1 Å². The van der Waals surface area contributed by atoms with Gasteiger partial charge in [0.15, 0.2) is 0 Å². The lowest BCUT2D eigenvalue weighted by molar-refractivity contribution is -0.145. The standard InChI is InChI=1S/C9H15N3O3/c1-9(2,10)3-8(15)12-4-6(13)11-7(14)5-12/h3-5,10H2,1-2H3,(H,11,13,14). The van der Waals surface area contributed by atoms with Crippen LogP contribution in [0.3, 0.4) is 0 Å².